The standard InChI is InChI=1S/C18H33NO8SSi/c1-8-23-16(20)12-11-14(12)25-10-9-24-29(17(2,3)4,18(5,6)7)27-13(10)15(11)26-28(19,21)22/h10-15H,8-9H2,1-7H3,(H2,19,21,22)/t10?,11?,12-,13?,14?,15+/m0/s1. The van der Waals surface area contributed by atoms with Crippen LogP contribution in [0.4, 0.5) is 0 Å². The lowest BCUT2D eigenvalue weighted by atomic mass is 10.0. The zero-order valence-electron chi connectivity index (χ0n) is 18.1. The van der Waals surface area contributed by atoms with Crippen LogP contribution >= 0.6 is 0 Å². The molecule has 168 valence electrons. The summed E-state index contributed by atoms with van der Waals surface area (Å²) in [6.07, 6.45) is -2.67. The van der Waals surface area contributed by atoms with Gasteiger partial charge in [0, 0.05) is 16.0 Å². The van der Waals surface area contributed by atoms with E-state index >= 15 is 0 Å². The summed E-state index contributed by atoms with van der Waals surface area (Å²) in [7, 11) is -7.16. The largest absolute Gasteiger partial charge is 0.466 e. The predicted molar refractivity (Wildman–Crippen MR) is 106 cm³/mol. The van der Waals surface area contributed by atoms with E-state index in [1.807, 2.05) is 0 Å². The van der Waals surface area contributed by atoms with Gasteiger partial charge in [0.25, 0.3) is 0 Å². The van der Waals surface area contributed by atoms with E-state index in [2.05, 4.69) is 41.5 Å². The van der Waals surface area contributed by atoms with Crippen LogP contribution in [0.25, 0.3) is 0 Å². The van der Waals surface area contributed by atoms with Crippen molar-refractivity contribution >= 4 is 24.8 Å². The molecule has 11 heteroatoms. The summed E-state index contributed by atoms with van der Waals surface area (Å²) in [5.41, 5.74) is 0. The third-order valence-corrected chi connectivity index (χ3v) is 11.6. The van der Waals surface area contributed by atoms with E-state index in [0.717, 1.165) is 0 Å². The van der Waals surface area contributed by atoms with E-state index in [1.54, 1.807) is 6.92 Å². The van der Waals surface area contributed by atoms with Crippen LogP contribution in [-0.2, 0) is 37.6 Å². The first-order chi connectivity index (χ1) is 13.1. The molecule has 0 spiro atoms. The first-order valence-electron chi connectivity index (χ1n) is 9.98. The zero-order valence-corrected chi connectivity index (χ0v) is 19.9. The molecule has 0 amide bonds. The van der Waals surface area contributed by atoms with Gasteiger partial charge in [0.2, 0.25) is 0 Å². The molecule has 2 aliphatic heterocycles. The lowest BCUT2D eigenvalue weighted by Crippen LogP contribution is -2.68. The van der Waals surface area contributed by atoms with E-state index in [4.69, 9.17) is 27.6 Å². The van der Waals surface area contributed by atoms with Gasteiger partial charge in [-0.2, -0.15) is 8.42 Å². The minimum Gasteiger partial charge on any atom is -0.466 e. The molecule has 0 aromatic carbocycles. The summed E-state index contributed by atoms with van der Waals surface area (Å²) >= 11 is 0. The lowest BCUT2D eigenvalue weighted by molar-refractivity contribution is -0.173. The van der Waals surface area contributed by atoms with Crippen LogP contribution in [0.15, 0.2) is 0 Å². The molecule has 0 bridgehead atoms. The average Bonchev–Trinajstić information content (AvgIpc) is 3.25. The van der Waals surface area contributed by atoms with Gasteiger partial charge in [-0.3, -0.25) is 8.98 Å². The highest BCUT2D eigenvalue weighted by Gasteiger charge is 2.72. The number of ether oxygens (including phenoxy) is 2. The third-order valence-electron chi connectivity index (χ3n) is 5.94. The highest BCUT2D eigenvalue weighted by molar-refractivity contribution is 7.84. The van der Waals surface area contributed by atoms with Gasteiger partial charge in [0.05, 0.1) is 25.2 Å². The second-order valence-electron chi connectivity index (χ2n) is 10.1. The van der Waals surface area contributed by atoms with Crippen LogP contribution in [0.5, 0.6) is 0 Å². The Hall–Kier alpha value is -0.563. The van der Waals surface area contributed by atoms with Gasteiger partial charge < -0.3 is 18.3 Å². The van der Waals surface area contributed by atoms with Gasteiger partial charge in [0.15, 0.2) is 0 Å². The van der Waals surface area contributed by atoms with Crippen LogP contribution in [0, 0.1) is 11.8 Å². The fourth-order valence-electron chi connectivity index (χ4n) is 5.00. The third kappa shape index (κ3) is 4.02. The number of carbonyl (C=O) groups excluding carboxylic acids is 1. The first kappa shape index (κ1) is 23.1. The number of nitrogens with two attached hydrogens (primary N) is 1. The molecule has 4 unspecified atom stereocenters. The first-order valence-corrected chi connectivity index (χ1v) is 13.3. The molecule has 29 heavy (non-hydrogen) atoms. The summed E-state index contributed by atoms with van der Waals surface area (Å²) < 4.78 is 53.1. The number of fused-ring (bicyclic) bond motifs is 2. The van der Waals surface area contributed by atoms with Crippen LogP contribution < -0.4 is 5.14 Å². The van der Waals surface area contributed by atoms with Crippen molar-refractivity contribution in [1.29, 1.82) is 0 Å². The van der Waals surface area contributed by atoms with Gasteiger partial charge in [-0.15, -0.1) is 0 Å². The molecule has 1 saturated carbocycles. The maximum atomic E-state index is 12.3. The van der Waals surface area contributed by atoms with Gasteiger partial charge >= 0.3 is 24.8 Å². The fraction of sp³-hybridized carbons (Fsp3) is 0.944. The second-order valence-corrected chi connectivity index (χ2v) is 16.0. The highest BCUT2D eigenvalue weighted by atomic mass is 32.2. The van der Waals surface area contributed by atoms with Crippen molar-refractivity contribution < 1.29 is 35.7 Å². The maximum Gasteiger partial charge on any atom is 0.349 e. The van der Waals surface area contributed by atoms with E-state index in [0.29, 0.717) is 0 Å². The molecule has 3 fully saturated rings. The summed E-state index contributed by atoms with van der Waals surface area (Å²) in [4.78, 5) is 12.3. The molecule has 6 atom stereocenters. The fourth-order valence-corrected chi connectivity index (χ4v) is 10.5. The topological polar surface area (TPSA) is 123 Å². The second kappa shape index (κ2) is 7.25. The minimum atomic E-state index is -4.26. The molecule has 0 radical (unpaired) electrons. The molecular weight excluding hydrogens is 418 g/mol. The van der Waals surface area contributed by atoms with Crippen LogP contribution in [-0.4, -0.2) is 60.6 Å². The molecule has 3 rings (SSSR count). The van der Waals surface area contributed by atoms with Crippen molar-refractivity contribution in [2.75, 3.05) is 13.2 Å². The Bertz CT molecular complexity index is 745. The van der Waals surface area contributed by atoms with Crippen molar-refractivity contribution in [3.63, 3.8) is 0 Å². The summed E-state index contributed by atoms with van der Waals surface area (Å²) in [6.45, 7) is 14.6. The van der Waals surface area contributed by atoms with Crippen molar-refractivity contribution in [2.24, 2.45) is 17.0 Å². The van der Waals surface area contributed by atoms with Crippen molar-refractivity contribution in [3.8, 4) is 0 Å². The zero-order chi connectivity index (χ0) is 22.0. The summed E-state index contributed by atoms with van der Waals surface area (Å²) in [5, 5.41) is 4.60. The van der Waals surface area contributed by atoms with Crippen LogP contribution in [0.2, 0.25) is 10.1 Å². The molecule has 3 aliphatic rings. The average molecular weight is 452 g/mol. The van der Waals surface area contributed by atoms with Crippen LogP contribution in [0.1, 0.15) is 48.5 Å². The molecular formula is C18H33NO8SSi. The lowest BCUT2D eigenvalue weighted by Gasteiger charge is -2.56. The predicted octanol–water partition coefficient (Wildman–Crippen LogP) is 1.61. The SMILES string of the molecule is CCOC(=O)[C@@H]1C2OC3CO[Si](C(C)(C)C)(C(C)(C)C)OC3[C@H](OS(N)(=O)=O)C21. The van der Waals surface area contributed by atoms with Crippen molar-refractivity contribution in [2.45, 2.75) is 83.0 Å². The highest BCUT2D eigenvalue weighted by Crippen LogP contribution is 2.59. The van der Waals surface area contributed by atoms with Crippen molar-refractivity contribution in [3.05, 3.63) is 0 Å². The number of carbonyl (C=O) groups is 1. The van der Waals surface area contributed by atoms with Crippen LogP contribution in [0.3, 0.4) is 0 Å². The number of hydrogen-bond acceptors (Lipinski definition) is 8. The van der Waals surface area contributed by atoms with E-state index < -0.39 is 61.1 Å². The molecule has 0 aromatic heterocycles. The molecule has 9 nitrogen and oxygen atoms in total. The normalized spacial score (nSPS) is 36.7. The van der Waals surface area contributed by atoms with Gasteiger partial charge in [0.1, 0.15) is 18.3 Å². The Morgan fingerprint density at radius 3 is 2.21 bits per heavy atom. The number of hydrogen-bond donors (Lipinski definition) is 1. The summed E-state index contributed by atoms with van der Waals surface area (Å²) in [6, 6.07) is 0. The minimum absolute atomic E-state index is 0.228. The Balaban J connectivity index is 1.97. The molecule has 0 aromatic rings. The Labute approximate surface area is 174 Å². The molecule has 2 N–H and O–H groups in total. The number of esters is 1. The summed E-state index contributed by atoms with van der Waals surface area (Å²) in [5.74, 6) is -1.52. The maximum absolute atomic E-state index is 12.3. The van der Waals surface area contributed by atoms with Gasteiger partial charge in [-0.05, 0) is 6.92 Å². The number of rotatable bonds is 4. The Morgan fingerprint density at radius 2 is 1.72 bits per heavy atom. The van der Waals surface area contributed by atoms with Gasteiger partial charge in [-0.1, -0.05) is 41.5 Å². The van der Waals surface area contributed by atoms with E-state index in [9.17, 15) is 13.2 Å². The van der Waals surface area contributed by atoms with Crippen molar-refractivity contribution in [1.82, 2.24) is 0 Å². The molecule has 2 saturated heterocycles. The molecule has 2 heterocycles. The van der Waals surface area contributed by atoms with E-state index in [-0.39, 0.29) is 23.3 Å². The quantitative estimate of drug-likeness (QED) is 0.505. The van der Waals surface area contributed by atoms with Gasteiger partial charge in [-0.25, -0.2) is 5.14 Å². The van der Waals surface area contributed by atoms with E-state index in [1.165, 1.54) is 0 Å². The smallest absolute Gasteiger partial charge is 0.349 e. The Morgan fingerprint density at radius 1 is 1.14 bits per heavy atom. The molecule has 1 aliphatic carbocycles. The Kier molecular flexibility index (Phi) is 5.78. The monoisotopic (exact) mass is 451 g/mol.